The first-order valence-corrected chi connectivity index (χ1v) is 5.97. The molecule has 0 aliphatic rings. The van der Waals surface area contributed by atoms with Crippen molar-refractivity contribution >= 4 is 33.2 Å². The number of amides is 1. The zero-order chi connectivity index (χ0) is 13.0. The van der Waals surface area contributed by atoms with E-state index in [1.807, 2.05) is 6.92 Å². The van der Waals surface area contributed by atoms with E-state index in [-0.39, 0.29) is 12.5 Å². The number of benzene rings is 1. The SMILES string of the molecule is CCNC(=O)CN(C)c1cc(F)c(Br)cc1N. The summed E-state index contributed by atoms with van der Waals surface area (Å²) < 4.78 is 13.7. The van der Waals surface area contributed by atoms with Crippen LogP contribution in [0.5, 0.6) is 0 Å². The van der Waals surface area contributed by atoms with Crippen LogP contribution >= 0.6 is 15.9 Å². The molecular formula is C11H15BrFN3O. The van der Waals surface area contributed by atoms with Crippen molar-refractivity contribution in [2.75, 3.05) is 30.8 Å². The van der Waals surface area contributed by atoms with Crippen LogP contribution in [-0.2, 0) is 4.79 Å². The molecule has 0 aromatic heterocycles. The Labute approximate surface area is 108 Å². The molecule has 17 heavy (non-hydrogen) atoms. The minimum Gasteiger partial charge on any atom is -0.397 e. The average Bonchev–Trinajstić information content (AvgIpc) is 2.23. The van der Waals surface area contributed by atoms with Crippen LogP contribution in [0.15, 0.2) is 16.6 Å². The molecule has 0 atom stereocenters. The van der Waals surface area contributed by atoms with Crippen LogP contribution in [-0.4, -0.2) is 26.0 Å². The van der Waals surface area contributed by atoms with Crippen LogP contribution in [0.25, 0.3) is 0 Å². The first kappa shape index (κ1) is 13.8. The predicted molar refractivity (Wildman–Crippen MR) is 70.5 cm³/mol. The number of halogens is 2. The summed E-state index contributed by atoms with van der Waals surface area (Å²) in [6, 6.07) is 2.79. The van der Waals surface area contributed by atoms with Gasteiger partial charge in [0.25, 0.3) is 0 Å². The molecule has 6 heteroatoms. The van der Waals surface area contributed by atoms with E-state index in [9.17, 15) is 9.18 Å². The van der Waals surface area contributed by atoms with E-state index in [0.717, 1.165) is 0 Å². The molecule has 4 nitrogen and oxygen atoms in total. The summed E-state index contributed by atoms with van der Waals surface area (Å²) in [6.45, 7) is 2.54. The smallest absolute Gasteiger partial charge is 0.239 e. The van der Waals surface area contributed by atoms with Gasteiger partial charge in [-0.2, -0.15) is 0 Å². The summed E-state index contributed by atoms with van der Waals surface area (Å²) in [5.74, 6) is -0.533. The molecule has 1 amide bonds. The monoisotopic (exact) mass is 303 g/mol. The van der Waals surface area contributed by atoms with E-state index in [2.05, 4.69) is 21.2 Å². The van der Waals surface area contributed by atoms with Crippen molar-refractivity contribution in [3.63, 3.8) is 0 Å². The lowest BCUT2D eigenvalue weighted by molar-refractivity contribution is -0.119. The van der Waals surface area contributed by atoms with Crippen LogP contribution in [0.3, 0.4) is 0 Å². The van der Waals surface area contributed by atoms with Gasteiger partial charge in [-0.3, -0.25) is 4.79 Å². The normalized spacial score (nSPS) is 10.1. The number of likely N-dealkylation sites (N-methyl/N-ethyl adjacent to an activating group) is 2. The van der Waals surface area contributed by atoms with Gasteiger partial charge in [0.15, 0.2) is 0 Å². The number of nitrogens with two attached hydrogens (primary N) is 1. The molecule has 3 N–H and O–H groups in total. The van der Waals surface area contributed by atoms with Crippen LogP contribution < -0.4 is 16.0 Å². The van der Waals surface area contributed by atoms with Crippen molar-refractivity contribution < 1.29 is 9.18 Å². The molecule has 0 aliphatic carbocycles. The molecule has 94 valence electrons. The third-order valence-electron chi connectivity index (χ3n) is 2.24. The number of nitrogens with one attached hydrogen (secondary N) is 1. The number of anilines is 2. The second-order valence-corrected chi connectivity index (χ2v) is 4.49. The Morgan fingerprint density at radius 2 is 2.24 bits per heavy atom. The maximum absolute atomic E-state index is 13.4. The first-order valence-electron chi connectivity index (χ1n) is 5.18. The molecule has 0 radical (unpaired) electrons. The van der Waals surface area contributed by atoms with Gasteiger partial charge in [0.1, 0.15) is 5.82 Å². The minimum absolute atomic E-state index is 0.127. The van der Waals surface area contributed by atoms with Crippen molar-refractivity contribution in [1.82, 2.24) is 5.32 Å². The zero-order valence-corrected chi connectivity index (χ0v) is 11.3. The maximum Gasteiger partial charge on any atom is 0.239 e. The Morgan fingerprint density at radius 3 is 2.82 bits per heavy atom. The molecule has 0 saturated carbocycles. The molecule has 0 heterocycles. The highest BCUT2D eigenvalue weighted by Gasteiger charge is 2.12. The Kier molecular flexibility index (Phi) is 4.74. The first-order chi connectivity index (χ1) is 7.95. The zero-order valence-electron chi connectivity index (χ0n) is 9.76. The Hall–Kier alpha value is -1.30. The van der Waals surface area contributed by atoms with E-state index in [1.54, 1.807) is 11.9 Å². The average molecular weight is 304 g/mol. The maximum atomic E-state index is 13.4. The third-order valence-corrected chi connectivity index (χ3v) is 2.84. The van der Waals surface area contributed by atoms with Crippen molar-refractivity contribution in [1.29, 1.82) is 0 Å². The summed E-state index contributed by atoms with van der Waals surface area (Å²) in [4.78, 5) is 13.0. The number of nitrogen functional groups attached to an aromatic ring is 1. The largest absolute Gasteiger partial charge is 0.397 e. The van der Waals surface area contributed by atoms with Gasteiger partial charge < -0.3 is 16.0 Å². The van der Waals surface area contributed by atoms with Crippen LogP contribution in [0, 0.1) is 5.82 Å². The third kappa shape index (κ3) is 3.59. The lowest BCUT2D eigenvalue weighted by Crippen LogP contribution is -2.35. The molecule has 0 spiro atoms. The summed E-state index contributed by atoms with van der Waals surface area (Å²) in [5, 5.41) is 2.67. The fourth-order valence-corrected chi connectivity index (χ4v) is 1.80. The molecule has 0 aliphatic heterocycles. The number of rotatable bonds is 4. The Balaban J connectivity index is 2.85. The standard InChI is InChI=1S/C11H15BrFN3O/c1-3-15-11(17)6-16(2)10-5-8(13)7(12)4-9(10)14/h4-5H,3,6,14H2,1-2H3,(H,15,17). The van der Waals surface area contributed by atoms with Gasteiger partial charge in [0.2, 0.25) is 5.91 Å². The molecule has 0 unspecified atom stereocenters. The Morgan fingerprint density at radius 1 is 1.59 bits per heavy atom. The van der Waals surface area contributed by atoms with Gasteiger partial charge in [-0.1, -0.05) is 0 Å². The van der Waals surface area contributed by atoms with Crippen molar-refractivity contribution in [3.05, 3.63) is 22.4 Å². The quantitative estimate of drug-likeness (QED) is 0.833. The van der Waals surface area contributed by atoms with Gasteiger partial charge in [-0.25, -0.2) is 4.39 Å². The van der Waals surface area contributed by atoms with Crippen molar-refractivity contribution in [2.45, 2.75) is 6.92 Å². The van der Waals surface area contributed by atoms with Gasteiger partial charge >= 0.3 is 0 Å². The van der Waals surface area contributed by atoms with E-state index >= 15 is 0 Å². The topological polar surface area (TPSA) is 58.4 Å². The molecule has 0 fully saturated rings. The number of carbonyl (C=O) groups is 1. The summed E-state index contributed by atoms with van der Waals surface area (Å²) in [5.41, 5.74) is 6.69. The minimum atomic E-state index is -0.406. The van der Waals surface area contributed by atoms with Gasteiger partial charge in [-0.15, -0.1) is 0 Å². The van der Waals surface area contributed by atoms with Gasteiger partial charge in [0.05, 0.1) is 22.4 Å². The highest BCUT2D eigenvalue weighted by molar-refractivity contribution is 9.10. The van der Waals surface area contributed by atoms with E-state index in [1.165, 1.54) is 12.1 Å². The molecular weight excluding hydrogens is 289 g/mol. The fourth-order valence-electron chi connectivity index (χ4n) is 1.44. The summed E-state index contributed by atoms with van der Waals surface area (Å²) in [7, 11) is 1.69. The van der Waals surface area contributed by atoms with Crippen molar-refractivity contribution in [2.24, 2.45) is 0 Å². The second-order valence-electron chi connectivity index (χ2n) is 3.63. The van der Waals surface area contributed by atoms with Gasteiger partial charge in [0, 0.05) is 19.7 Å². The highest BCUT2D eigenvalue weighted by atomic mass is 79.9. The van der Waals surface area contributed by atoms with Crippen LogP contribution in [0.2, 0.25) is 0 Å². The Bertz CT molecular complexity index is 425. The number of hydrogen-bond acceptors (Lipinski definition) is 3. The van der Waals surface area contributed by atoms with Gasteiger partial charge in [-0.05, 0) is 28.9 Å². The lowest BCUT2D eigenvalue weighted by Gasteiger charge is -2.20. The molecule has 0 saturated heterocycles. The molecule has 1 rings (SSSR count). The molecule has 0 bridgehead atoms. The highest BCUT2D eigenvalue weighted by Crippen LogP contribution is 2.28. The lowest BCUT2D eigenvalue weighted by atomic mass is 10.2. The van der Waals surface area contributed by atoms with Crippen LogP contribution in [0.4, 0.5) is 15.8 Å². The second kappa shape index (κ2) is 5.86. The summed E-state index contributed by atoms with van der Waals surface area (Å²) in [6.07, 6.45) is 0. The molecule has 1 aromatic carbocycles. The predicted octanol–water partition coefficient (Wildman–Crippen LogP) is 1.74. The van der Waals surface area contributed by atoms with E-state index < -0.39 is 5.82 Å². The number of hydrogen-bond donors (Lipinski definition) is 2. The summed E-state index contributed by atoms with van der Waals surface area (Å²) >= 11 is 3.05. The van der Waals surface area contributed by atoms with Crippen molar-refractivity contribution in [3.8, 4) is 0 Å². The number of carbonyl (C=O) groups excluding carboxylic acids is 1. The fraction of sp³-hybridized carbons (Fsp3) is 0.364. The molecule has 1 aromatic rings. The van der Waals surface area contributed by atoms with Crippen LogP contribution in [0.1, 0.15) is 6.92 Å². The number of nitrogens with zero attached hydrogens (tertiary/aromatic N) is 1. The van der Waals surface area contributed by atoms with E-state index in [0.29, 0.717) is 22.4 Å². The van der Waals surface area contributed by atoms with E-state index in [4.69, 9.17) is 5.73 Å².